The lowest BCUT2D eigenvalue weighted by Crippen LogP contribution is -2.35. The maximum atomic E-state index is 12.8. The molecular formula is C19H24N6O. The predicted molar refractivity (Wildman–Crippen MR) is 97.9 cm³/mol. The van der Waals surface area contributed by atoms with Crippen LogP contribution >= 0.6 is 0 Å². The van der Waals surface area contributed by atoms with Gasteiger partial charge in [0.05, 0.1) is 11.9 Å². The van der Waals surface area contributed by atoms with Crippen LogP contribution in [0.15, 0.2) is 30.9 Å². The minimum absolute atomic E-state index is 0.238. The summed E-state index contributed by atoms with van der Waals surface area (Å²) in [6, 6.07) is 1.95. The van der Waals surface area contributed by atoms with Gasteiger partial charge in [-0.05, 0) is 25.3 Å². The van der Waals surface area contributed by atoms with E-state index in [0.29, 0.717) is 17.7 Å². The van der Waals surface area contributed by atoms with Crippen LogP contribution in [0.5, 0.6) is 0 Å². The summed E-state index contributed by atoms with van der Waals surface area (Å²) in [7, 11) is 0. The van der Waals surface area contributed by atoms with E-state index in [9.17, 15) is 4.79 Å². The summed E-state index contributed by atoms with van der Waals surface area (Å²) >= 11 is 0. The molecule has 2 aromatic rings. The molecule has 0 radical (unpaired) electrons. The number of anilines is 2. The number of hydrogen-bond donors (Lipinski definition) is 1. The Bertz CT molecular complexity index is 747. The van der Waals surface area contributed by atoms with Gasteiger partial charge in [0.25, 0.3) is 0 Å². The molecule has 26 heavy (non-hydrogen) atoms. The summed E-state index contributed by atoms with van der Waals surface area (Å²) in [5, 5.41) is 3.08. The molecule has 2 aromatic heterocycles. The smallest absolute Gasteiger partial charge is 0.228 e. The topological polar surface area (TPSA) is 83.9 Å². The van der Waals surface area contributed by atoms with E-state index in [0.717, 1.165) is 38.0 Å². The van der Waals surface area contributed by atoms with Gasteiger partial charge in [-0.25, -0.2) is 15.0 Å². The Hall–Kier alpha value is -2.57. The maximum Gasteiger partial charge on any atom is 0.228 e. The fraction of sp³-hybridized carbons (Fsp3) is 0.526. The molecule has 0 bridgehead atoms. The number of hydrogen-bond acceptors (Lipinski definition) is 6. The van der Waals surface area contributed by atoms with Gasteiger partial charge < -0.3 is 10.2 Å². The first kappa shape index (κ1) is 16.9. The highest BCUT2D eigenvalue weighted by atomic mass is 16.2. The van der Waals surface area contributed by atoms with Crippen LogP contribution in [0, 0.1) is 5.92 Å². The van der Waals surface area contributed by atoms with Gasteiger partial charge in [-0.1, -0.05) is 19.3 Å². The van der Waals surface area contributed by atoms with Crippen LogP contribution in [-0.2, 0) is 4.79 Å². The molecule has 2 fully saturated rings. The van der Waals surface area contributed by atoms with Crippen molar-refractivity contribution in [3.8, 4) is 0 Å². The van der Waals surface area contributed by atoms with E-state index in [1.165, 1.54) is 19.3 Å². The average Bonchev–Trinajstić information content (AvgIpc) is 3.19. The number of rotatable bonds is 4. The first-order valence-corrected chi connectivity index (χ1v) is 9.44. The van der Waals surface area contributed by atoms with Crippen LogP contribution in [0.25, 0.3) is 0 Å². The zero-order valence-corrected chi connectivity index (χ0v) is 14.8. The largest absolute Gasteiger partial charge is 0.342 e. The number of nitrogens with one attached hydrogen (secondary N) is 1. The number of carbonyl (C=O) groups is 1. The van der Waals surface area contributed by atoms with Gasteiger partial charge in [-0.2, -0.15) is 0 Å². The molecule has 1 N–H and O–H groups in total. The predicted octanol–water partition coefficient (Wildman–Crippen LogP) is 2.91. The zero-order chi connectivity index (χ0) is 17.8. The average molecular weight is 352 g/mol. The van der Waals surface area contributed by atoms with Crippen molar-refractivity contribution < 1.29 is 4.79 Å². The molecule has 0 unspecified atom stereocenters. The Morgan fingerprint density at radius 3 is 2.77 bits per heavy atom. The first-order valence-electron chi connectivity index (χ1n) is 9.44. The molecular weight excluding hydrogens is 328 g/mol. The molecule has 0 spiro atoms. The molecule has 1 saturated carbocycles. The lowest BCUT2D eigenvalue weighted by molar-refractivity contribution is -0.135. The maximum absolute atomic E-state index is 12.8. The summed E-state index contributed by atoms with van der Waals surface area (Å²) < 4.78 is 0. The number of likely N-dealkylation sites (tertiary alicyclic amines) is 1. The van der Waals surface area contributed by atoms with Crippen molar-refractivity contribution in [1.29, 1.82) is 0 Å². The van der Waals surface area contributed by atoms with Crippen molar-refractivity contribution in [2.45, 2.75) is 44.4 Å². The minimum Gasteiger partial charge on any atom is -0.342 e. The Kier molecular flexibility index (Phi) is 5.04. The van der Waals surface area contributed by atoms with Gasteiger partial charge in [0.15, 0.2) is 5.82 Å². The molecule has 7 heteroatoms. The van der Waals surface area contributed by atoms with Crippen molar-refractivity contribution in [3.05, 3.63) is 36.5 Å². The van der Waals surface area contributed by atoms with Gasteiger partial charge in [0, 0.05) is 43.5 Å². The Morgan fingerprint density at radius 2 is 1.96 bits per heavy atom. The highest BCUT2D eigenvalue weighted by Gasteiger charge is 2.32. The molecule has 1 atom stereocenters. The quantitative estimate of drug-likeness (QED) is 0.911. The van der Waals surface area contributed by atoms with Crippen LogP contribution in [-0.4, -0.2) is 43.8 Å². The molecule has 1 saturated heterocycles. The van der Waals surface area contributed by atoms with Crippen molar-refractivity contribution in [2.75, 3.05) is 18.4 Å². The SMILES string of the molecule is O=C(C1CCCCC1)N1CC[C@@H](c2ccnc(Nc3cnccn3)n2)C1. The highest BCUT2D eigenvalue weighted by Crippen LogP contribution is 2.31. The summed E-state index contributed by atoms with van der Waals surface area (Å²) in [5.41, 5.74) is 0.977. The van der Waals surface area contributed by atoms with E-state index in [-0.39, 0.29) is 11.8 Å². The molecule has 136 valence electrons. The molecule has 1 amide bonds. The van der Waals surface area contributed by atoms with Gasteiger partial charge in [-0.3, -0.25) is 9.78 Å². The summed E-state index contributed by atoms with van der Waals surface area (Å²) in [5.74, 6) is 1.99. The van der Waals surface area contributed by atoms with E-state index in [4.69, 9.17) is 0 Å². The van der Waals surface area contributed by atoms with Crippen LogP contribution in [0.4, 0.5) is 11.8 Å². The van der Waals surface area contributed by atoms with Gasteiger partial charge in [0.2, 0.25) is 11.9 Å². The third kappa shape index (κ3) is 3.81. The number of nitrogens with zero attached hydrogens (tertiary/aromatic N) is 5. The second-order valence-electron chi connectivity index (χ2n) is 7.13. The first-order chi connectivity index (χ1) is 12.8. The monoisotopic (exact) mass is 352 g/mol. The molecule has 0 aromatic carbocycles. The fourth-order valence-corrected chi connectivity index (χ4v) is 3.95. The van der Waals surface area contributed by atoms with Gasteiger partial charge in [0.1, 0.15) is 0 Å². The Labute approximate surface area is 153 Å². The standard InChI is InChI=1S/C19H24N6O/c26-18(14-4-2-1-3-5-14)25-11-7-15(13-25)16-6-8-22-19(23-16)24-17-12-20-9-10-21-17/h6,8-10,12,14-15H,1-5,7,11,13H2,(H,21,22,23,24)/t15-/m1/s1. The fourth-order valence-electron chi connectivity index (χ4n) is 3.95. The Morgan fingerprint density at radius 1 is 1.08 bits per heavy atom. The normalized spacial score (nSPS) is 20.9. The second kappa shape index (κ2) is 7.76. The molecule has 3 heterocycles. The lowest BCUT2D eigenvalue weighted by Gasteiger charge is -2.26. The second-order valence-corrected chi connectivity index (χ2v) is 7.13. The molecule has 2 aliphatic rings. The van der Waals surface area contributed by atoms with E-state index in [2.05, 4.69) is 25.3 Å². The number of carbonyl (C=O) groups excluding carboxylic acids is 1. The molecule has 1 aliphatic heterocycles. The van der Waals surface area contributed by atoms with Gasteiger partial charge >= 0.3 is 0 Å². The van der Waals surface area contributed by atoms with E-state index in [1.807, 2.05) is 11.0 Å². The van der Waals surface area contributed by atoms with E-state index in [1.54, 1.807) is 24.8 Å². The van der Waals surface area contributed by atoms with Crippen LogP contribution in [0.3, 0.4) is 0 Å². The van der Waals surface area contributed by atoms with E-state index < -0.39 is 0 Å². The zero-order valence-electron chi connectivity index (χ0n) is 14.8. The van der Waals surface area contributed by atoms with Gasteiger partial charge in [-0.15, -0.1) is 0 Å². The van der Waals surface area contributed by atoms with Crippen LogP contribution in [0.2, 0.25) is 0 Å². The third-order valence-corrected chi connectivity index (χ3v) is 5.35. The van der Waals surface area contributed by atoms with Crippen LogP contribution < -0.4 is 5.32 Å². The van der Waals surface area contributed by atoms with Crippen molar-refractivity contribution >= 4 is 17.7 Å². The molecule has 7 nitrogen and oxygen atoms in total. The highest BCUT2D eigenvalue weighted by molar-refractivity contribution is 5.79. The van der Waals surface area contributed by atoms with E-state index >= 15 is 0 Å². The lowest BCUT2D eigenvalue weighted by atomic mass is 9.88. The summed E-state index contributed by atoms with van der Waals surface area (Å²) in [6.45, 7) is 1.59. The summed E-state index contributed by atoms with van der Waals surface area (Å²) in [6.07, 6.45) is 13.4. The number of aromatic nitrogens is 4. The van der Waals surface area contributed by atoms with Crippen molar-refractivity contribution in [3.63, 3.8) is 0 Å². The van der Waals surface area contributed by atoms with Crippen molar-refractivity contribution in [2.24, 2.45) is 5.92 Å². The number of amides is 1. The third-order valence-electron chi connectivity index (χ3n) is 5.35. The molecule has 4 rings (SSSR count). The minimum atomic E-state index is 0.238. The Balaban J connectivity index is 1.40. The van der Waals surface area contributed by atoms with Crippen LogP contribution in [0.1, 0.15) is 50.1 Å². The molecule has 1 aliphatic carbocycles. The summed E-state index contributed by atoms with van der Waals surface area (Å²) in [4.78, 5) is 31.9. The van der Waals surface area contributed by atoms with Crippen molar-refractivity contribution in [1.82, 2.24) is 24.8 Å².